The van der Waals surface area contributed by atoms with E-state index in [4.69, 9.17) is 0 Å². The minimum atomic E-state index is -3.79. The first-order valence-electron chi connectivity index (χ1n) is 10.0. The Morgan fingerprint density at radius 2 is 1.59 bits per heavy atom. The molecule has 0 aliphatic rings. The fourth-order valence-electron chi connectivity index (χ4n) is 3.55. The predicted molar refractivity (Wildman–Crippen MR) is 130 cm³/mol. The number of carboxylic acids is 1. The van der Waals surface area contributed by atoms with Gasteiger partial charge in [-0.3, -0.25) is 4.72 Å². The molecule has 0 fully saturated rings. The lowest BCUT2D eigenvalue weighted by atomic mass is 9.87. The Morgan fingerprint density at radius 1 is 0.938 bits per heavy atom. The zero-order valence-electron chi connectivity index (χ0n) is 17.9. The van der Waals surface area contributed by atoms with Gasteiger partial charge in [0.05, 0.1) is 4.90 Å². The van der Waals surface area contributed by atoms with Gasteiger partial charge in [-0.25, -0.2) is 13.2 Å². The number of hydrogen-bond acceptors (Lipinski definition) is 4. The molecular formula is C25H23NO4S2. The number of fused-ring (bicyclic) bond motifs is 1. The van der Waals surface area contributed by atoms with Gasteiger partial charge >= 0.3 is 5.97 Å². The van der Waals surface area contributed by atoms with Gasteiger partial charge in [-0.2, -0.15) is 0 Å². The Morgan fingerprint density at radius 3 is 2.19 bits per heavy atom. The number of carbonyl (C=O) groups is 1. The van der Waals surface area contributed by atoms with E-state index in [0.717, 1.165) is 15.8 Å². The van der Waals surface area contributed by atoms with Gasteiger partial charge in [-0.05, 0) is 46.9 Å². The molecule has 0 bridgehead atoms. The number of carboxylic acid groups (broad SMARTS) is 1. The molecule has 1 heterocycles. The van der Waals surface area contributed by atoms with Crippen LogP contribution in [-0.4, -0.2) is 19.5 Å². The Bertz CT molecular complexity index is 1400. The van der Waals surface area contributed by atoms with E-state index in [-0.39, 0.29) is 15.2 Å². The molecule has 4 rings (SSSR count). The third kappa shape index (κ3) is 4.26. The lowest BCUT2D eigenvalue weighted by molar-refractivity contribution is 0.0703. The Balaban J connectivity index is 1.75. The average Bonchev–Trinajstić information content (AvgIpc) is 3.13. The molecule has 0 amide bonds. The summed E-state index contributed by atoms with van der Waals surface area (Å²) < 4.78 is 29.3. The van der Waals surface area contributed by atoms with Crippen LogP contribution < -0.4 is 4.72 Å². The molecule has 0 saturated heterocycles. The molecule has 1 aromatic heterocycles. The first kappa shape index (κ1) is 22.0. The minimum Gasteiger partial charge on any atom is -0.477 e. The molecule has 0 radical (unpaired) electrons. The summed E-state index contributed by atoms with van der Waals surface area (Å²) in [5, 5.41) is 10.4. The molecule has 0 atom stereocenters. The van der Waals surface area contributed by atoms with Crippen LogP contribution in [0.15, 0.2) is 77.7 Å². The van der Waals surface area contributed by atoms with Gasteiger partial charge in [0, 0.05) is 21.3 Å². The second-order valence-electron chi connectivity index (χ2n) is 8.57. The third-order valence-electron chi connectivity index (χ3n) is 5.23. The molecule has 7 heteroatoms. The van der Waals surface area contributed by atoms with Crippen LogP contribution in [-0.2, 0) is 15.4 Å². The van der Waals surface area contributed by atoms with Crippen molar-refractivity contribution in [2.24, 2.45) is 0 Å². The second-order valence-corrected chi connectivity index (χ2v) is 11.3. The van der Waals surface area contributed by atoms with E-state index in [2.05, 4.69) is 25.5 Å². The van der Waals surface area contributed by atoms with Crippen LogP contribution in [0.4, 0.5) is 5.69 Å². The highest BCUT2D eigenvalue weighted by Crippen LogP contribution is 2.40. The van der Waals surface area contributed by atoms with E-state index >= 15 is 0 Å². The normalized spacial score (nSPS) is 12.1. The van der Waals surface area contributed by atoms with Crippen molar-refractivity contribution in [1.82, 2.24) is 0 Å². The number of hydrogen-bond donors (Lipinski definition) is 2. The van der Waals surface area contributed by atoms with Gasteiger partial charge < -0.3 is 5.11 Å². The zero-order chi connectivity index (χ0) is 23.1. The van der Waals surface area contributed by atoms with Crippen molar-refractivity contribution in [3.8, 4) is 11.1 Å². The zero-order valence-corrected chi connectivity index (χ0v) is 19.5. The van der Waals surface area contributed by atoms with Crippen molar-refractivity contribution in [1.29, 1.82) is 0 Å². The van der Waals surface area contributed by atoms with Gasteiger partial charge in [0.25, 0.3) is 10.0 Å². The molecule has 0 unspecified atom stereocenters. The number of rotatable bonds is 5. The van der Waals surface area contributed by atoms with Crippen LogP contribution in [0.5, 0.6) is 0 Å². The van der Waals surface area contributed by atoms with Crippen LogP contribution >= 0.6 is 11.3 Å². The largest absolute Gasteiger partial charge is 0.477 e. The van der Waals surface area contributed by atoms with E-state index < -0.39 is 16.0 Å². The average molecular weight is 466 g/mol. The Labute approximate surface area is 191 Å². The first-order chi connectivity index (χ1) is 15.1. The molecule has 3 aromatic carbocycles. The van der Waals surface area contributed by atoms with E-state index in [9.17, 15) is 18.3 Å². The van der Waals surface area contributed by atoms with Crippen LogP contribution in [0, 0.1) is 0 Å². The minimum absolute atomic E-state index is 0.0740. The highest BCUT2D eigenvalue weighted by atomic mass is 32.2. The summed E-state index contributed by atoms with van der Waals surface area (Å²) in [5.41, 5.74) is 2.71. The van der Waals surface area contributed by atoms with Gasteiger partial charge in [-0.1, -0.05) is 63.2 Å². The predicted octanol–water partition coefficient (Wildman–Crippen LogP) is 6.36. The van der Waals surface area contributed by atoms with E-state index in [0.29, 0.717) is 16.6 Å². The van der Waals surface area contributed by atoms with Gasteiger partial charge in [-0.15, -0.1) is 11.3 Å². The SMILES string of the molecule is CC(C)(C)c1ccc(S(=O)(=O)Nc2ccc3sc(C(=O)O)c(-c4ccccc4)c3c2)cc1. The number of benzene rings is 3. The lowest BCUT2D eigenvalue weighted by Crippen LogP contribution is -2.14. The smallest absolute Gasteiger partial charge is 0.346 e. The molecule has 0 aliphatic carbocycles. The van der Waals surface area contributed by atoms with Crippen molar-refractivity contribution in [3.63, 3.8) is 0 Å². The van der Waals surface area contributed by atoms with Crippen LogP contribution in [0.3, 0.4) is 0 Å². The van der Waals surface area contributed by atoms with Crippen molar-refractivity contribution in [2.75, 3.05) is 4.72 Å². The summed E-state index contributed by atoms with van der Waals surface area (Å²) in [7, 11) is -3.79. The van der Waals surface area contributed by atoms with Crippen molar-refractivity contribution < 1.29 is 18.3 Å². The van der Waals surface area contributed by atoms with Crippen molar-refractivity contribution >= 4 is 43.1 Å². The Kier molecular flexibility index (Phi) is 5.56. The number of aromatic carboxylic acids is 1. The molecule has 0 aliphatic heterocycles. The maximum Gasteiger partial charge on any atom is 0.346 e. The van der Waals surface area contributed by atoms with Gasteiger partial charge in [0.15, 0.2) is 0 Å². The maximum atomic E-state index is 13.0. The fourth-order valence-corrected chi connectivity index (χ4v) is 5.64. The van der Waals surface area contributed by atoms with Gasteiger partial charge in [0.1, 0.15) is 4.88 Å². The highest BCUT2D eigenvalue weighted by molar-refractivity contribution is 7.92. The number of nitrogens with one attached hydrogen (secondary N) is 1. The molecule has 0 saturated carbocycles. The van der Waals surface area contributed by atoms with E-state index in [1.54, 1.807) is 30.3 Å². The number of thiophene rings is 1. The number of sulfonamides is 1. The summed E-state index contributed by atoms with van der Waals surface area (Å²) >= 11 is 1.18. The quantitative estimate of drug-likeness (QED) is 0.359. The Hall–Kier alpha value is -3.16. The maximum absolute atomic E-state index is 13.0. The fraction of sp³-hybridized carbons (Fsp3) is 0.160. The van der Waals surface area contributed by atoms with Crippen molar-refractivity contribution in [3.05, 3.63) is 83.2 Å². The molecule has 5 nitrogen and oxygen atoms in total. The molecule has 0 spiro atoms. The molecule has 164 valence electrons. The van der Waals surface area contributed by atoms with Crippen molar-refractivity contribution in [2.45, 2.75) is 31.1 Å². The molecule has 4 aromatic rings. The number of anilines is 1. The highest BCUT2D eigenvalue weighted by Gasteiger charge is 2.21. The lowest BCUT2D eigenvalue weighted by Gasteiger charge is -2.19. The topological polar surface area (TPSA) is 83.5 Å². The monoisotopic (exact) mass is 465 g/mol. The summed E-state index contributed by atoms with van der Waals surface area (Å²) in [6, 6.07) is 21.2. The van der Waals surface area contributed by atoms with E-state index in [1.807, 2.05) is 42.5 Å². The summed E-state index contributed by atoms with van der Waals surface area (Å²) in [6.45, 7) is 6.21. The van der Waals surface area contributed by atoms with Gasteiger partial charge in [0.2, 0.25) is 0 Å². The molecule has 32 heavy (non-hydrogen) atoms. The molecule has 2 N–H and O–H groups in total. The summed E-state index contributed by atoms with van der Waals surface area (Å²) in [6.07, 6.45) is 0. The third-order valence-corrected chi connectivity index (χ3v) is 7.78. The first-order valence-corrected chi connectivity index (χ1v) is 12.3. The van der Waals surface area contributed by atoms with Crippen LogP contribution in [0.1, 0.15) is 36.0 Å². The summed E-state index contributed by atoms with van der Waals surface area (Å²) in [4.78, 5) is 12.3. The van der Waals surface area contributed by atoms with Crippen LogP contribution in [0.25, 0.3) is 21.2 Å². The van der Waals surface area contributed by atoms with Crippen LogP contribution in [0.2, 0.25) is 0 Å². The summed E-state index contributed by atoms with van der Waals surface area (Å²) in [5.74, 6) is -1.01. The second kappa shape index (κ2) is 8.07. The van der Waals surface area contributed by atoms with E-state index in [1.165, 1.54) is 11.3 Å². The standard InChI is InChI=1S/C25H23NO4S2/c1-25(2,3)17-9-12-19(13-10-17)32(29,30)26-18-11-14-21-20(15-18)22(23(31-21)24(27)28)16-7-5-4-6-8-16/h4-15,26H,1-3H3,(H,27,28). The molecular weight excluding hydrogens is 442 g/mol.